The van der Waals surface area contributed by atoms with Gasteiger partial charge in [-0.2, -0.15) is 0 Å². The second-order valence-electron chi connectivity index (χ2n) is 9.20. The van der Waals surface area contributed by atoms with Crippen LogP contribution in [0, 0.1) is 5.92 Å². The van der Waals surface area contributed by atoms with Crippen LogP contribution in [-0.2, 0) is 16.0 Å². The molecule has 0 spiro atoms. The largest absolute Gasteiger partial charge is 0.378 e. The fourth-order valence-corrected chi connectivity index (χ4v) is 6.00. The van der Waals surface area contributed by atoms with Gasteiger partial charge in [0.25, 0.3) is 5.91 Å². The third-order valence-electron chi connectivity index (χ3n) is 6.41. The maximum Gasteiger partial charge on any atom is 0.264 e. The average molecular weight is 443 g/mol. The van der Waals surface area contributed by atoms with Crippen molar-refractivity contribution in [1.82, 2.24) is 9.80 Å². The van der Waals surface area contributed by atoms with Gasteiger partial charge in [0.1, 0.15) is 0 Å². The Bertz CT molecular complexity index is 917. The van der Waals surface area contributed by atoms with Crippen LogP contribution in [0.3, 0.4) is 0 Å². The summed E-state index contributed by atoms with van der Waals surface area (Å²) >= 11 is 1.60. The second kappa shape index (κ2) is 10.1. The zero-order chi connectivity index (χ0) is 21.8. The molecule has 0 unspecified atom stereocenters. The molecular formula is C25H34N2O3S. The number of amides is 2. The number of hydrogen-bond acceptors (Lipinski definition) is 4. The number of fused-ring (bicyclic) bond motifs is 1. The van der Waals surface area contributed by atoms with Crippen molar-refractivity contribution in [2.24, 2.45) is 5.92 Å². The maximum atomic E-state index is 13.5. The van der Waals surface area contributed by atoms with E-state index in [1.807, 2.05) is 11.0 Å². The monoisotopic (exact) mass is 442 g/mol. The summed E-state index contributed by atoms with van der Waals surface area (Å²) in [6.45, 7) is 7.56. The van der Waals surface area contributed by atoms with Gasteiger partial charge in [0.05, 0.1) is 18.1 Å². The Morgan fingerprint density at radius 2 is 1.87 bits per heavy atom. The van der Waals surface area contributed by atoms with Crippen molar-refractivity contribution in [3.63, 3.8) is 0 Å². The first-order valence-corrected chi connectivity index (χ1v) is 12.5. The number of carbonyl (C=O) groups excluding carboxylic acids is 2. The van der Waals surface area contributed by atoms with Crippen LogP contribution in [0.4, 0.5) is 0 Å². The van der Waals surface area contributed by atoms with Gasteiger partial charge in [0.15, 0.2) is 0 Å². The molecule has 0 aliphatic carbocycles. The fraction of sp³-hybridized carbons (Fsp3) is 0.600. The highest BCUT2D eigenvalue weighted by atomic mass is 32.1. The van der Waals surface area contributed by atoms with E-state index in [-0.39, 0.29) is 17.9 Å². The predicted octanol–water partition coefficient (Wildman–Crippen LogP) is 4.73. The molecule has 5 nitrogen and oxygen atoms in total. The Labute approximate surface area is 189 Å². The van der Waals surface area contributed by atoms with E-state index in [4.69, 9.17) is 4.74 Å². The number of rotatable bonds is 5. The zero-order valence-corrected chi connectivity index (χ0v) is 19.6. The maximum absolute atomic E-state index is 13.5. The Morgan fingerprint density at radius 3 is 2.65 bits per heavy atom. The number of hydrogen-bond donors (Lipinski definition) is 0. The molecule has 4 rings (SSSR count). The quantitative estimate of drug-likeness (QED) is 0.672. The van der Waals surface area contributed by atoms with E-state index in [1.165, 1.54) is 11.8 Å². The summed E-state index contributed by atoms with van der Waals surface area (Å²) in [4.78, 5) is 31.4. The normalized spacial score (nSPS) is 20.3. The van der Waals surface area contributed by atoms with Crippen LogP contribution in [0.1, 0.15) is 61.2 Å². The molecule has 6 heteroatoms. The van der Waals surface area contributed by atoms with E-state index in [0.717, 1.165) is 47.4 Å². The molecule has 1 aromatic carbocycles. The Balaban J connectivity index is 1.66. The van der Waals surface area contributed by atoms with E-state index in [9.17, 15) is 9.59 Å². The van der Waals surface area contributed by atoms with Crippen LogP contribution < -0.4 is 0 Å². The van der Waals surface area contributed by atoms with Gasteiger partial charge < -0.3 is 14.5 Å². The molecule has 2 aromatic rings. The summed E-state index contributed by atoms with van der Waals surface area (Å²) in [6.07, 6.45) is 5.76. The van der Waals surface area contributed by atoms with Crippen LogP contribution in [-0.4, -0.2) is 60.5 Å². The van der Waals surface area contributed by atoms with Gasteiger partial charge in [0.2, 0.25) is 5.91 Å². The van der Waals surface area contributed by atoms with E-state index in [0.29, 0.717) is 38.6 Å². The Hall–Kier alpha value is -1.92. The van der Waals surface area contributed by atoms with Crippen molar-refractivity contribution in [2.45, 2.75) is 58.4 Å². The topological polar surface area (TPSA) is 49.9 Å². The summed E-state index contributed by atoms with van der Waals surface area (Å²) in [5.41, 5.74) is 1.13. The van der Waals surface area contributed by atoms with E-state index < -0.39 is 0 Å². The molecular weight excluding hydrogens is 408 g/mol. The first kappa shape index (κ1) is 22.3. The van der Waals surface area contributed by atoms with Gasteiger partial charge in [-0.1, -0.05) is 44.9 Å². The molecule has 2 amide bonds. The van der Waals surface area contributed by atoms with Crippen molar-refractivity contribution in [2.75, 3.05) is 32.8 Å². The molecule has 0 radical (unpaired) electrons. The summed E-state index contributed by atoms with van der Waals surface area (Å²) < 4.78 is 6.60. The first-order chi connectivity index (χ1) is 15.0. The molecule has 1 atom stereocenters. The molecule has 168 valence electrons. The summed E-state index contributed by atoms with van der Waals surface area (Å²) in [5.74, 6) is 0.743. The number of carbonyl (C=O) groups is 2. The molecule has 0 bridgehead atoms. The summed E-state index contributed by atoms with van der Waals surface area (Å²) in [6, 6.07) is 8.50. The van der Waals surface area contributed by atoms with Crippen molar-refractivity contribution in [3.05, 3.63) is 34.7 Å². The minimum Gasteiger partial charge on any atom is -0.378 e. The van der Waals surface area contributed by atoms with Crippen LogP contribution in [0.2, 0.25) is 0 Å². The standard InChI is InChI=1S/C25H34N2O3S/c1-18(2)16-23(28)27-11-7-3-4-8-19(27)17-21-20-9-5-6-10-22(20)31-24(21)25(29)26-12-14-30-15-13-26/h5-6,9-10,18-19H,3-4,7-8,11-17H2,1-2H3/t19-/m1/s1. The van der Waals surface area contributed by atoms with Gasteiger partial charge in [-0.25, -0.2) is 0 Å². The summed E-state index contributed by atoms with van der Waals surface area (Å²) in [5, 5.41) is 1.17. The second-order valence-corrected chi connectivity index (χ2v) is 10.3. The number of thiophene rings is 1. The molecule has 2 fully saturated rings. The van der Waals surface area contributed by atoms with Crippen molar-refractivity contribution < 1.29 is 14.3 Å². The van der Waals surface area contributed by atoms with Crippen LogP contribution in [0.15, 0.2) is 24.3 Å². The molecule has 31 heavy (non-hydrogen) atoms. The predicted molar refractivity (Wildman–Crippen MR) is 126 cm³/mol. The lowest BCUT2D eigenvalue weighted by Gasteiger charge is -2.31. The van der Waals surface area contributed by atoms with Gasteiger partial charge in [0, 0.05) is 36.8 Å². The molecule has 0 N–H and O–H groups in total. The molecule has 2 aliphatic heterocycles. The number of nitrogens with zero attached hydrogens (tertiary/aromatic N) is 2. The molecule has 2 aliphatic rings. The fourth-order valence-electron chi connectivity index (χ4n) is 4.80. The Kier molecular flexibility index (Phi) is 7.28. The van der Waals surface area contributed by atoms with Gasteiger partial charge in [-0.15, -0.1) is 11.3 Å². The van der Waals surface area contributed by atoms with E-state index in [1.54, 1.807) is 11.3 Å². The number of benzene rings is 1. The minimum absolute atomic E-state index is 0.119. The lowest BCUT2D eigenvalue weighted by Crippen LogP contribution is -2.42. The SMILES string of the molecule is CC(C)CC(=O)N1CCCCC[C@@H]1Cc1c(C(=O)N2CCOCC2)sc2ccccc12. The van der Waals surface area contributed by atoms with Gasteiger partial charge in [-0.05, 0) is 42.2 Å². The van der Waals surface area contributed by atoms with Crippen molar-refractivity contribution >= 4 is 33.2 Å². The smallest absolute Gasteiger partial charge is 0.264 e. The number of likely N-dealkylation sites (tertiary alicyclic amines) is 1. The number of ether oxygens (including phenoxy) is 1. The third kappa shape index (κ3) is 5.12. The highest BCUT2D eigenvalue weighted by molar-refractivity contribution is 7.21. The van der Waals surface area contributed by atoms with Crippen LogP contribution >= 0.6 is 11.3 Å². The highest BCUT2D eigenvalue weighted by Gasteiger charge is 2.30. The van der Waals surface area contributed by atoms with Gasteiger partial charge >= 0.3 is 0 Å². The average Bonchev–Trinajstić information content (AvgIpc) is 2.96. The number of morpholine rings is 1. The molecule has 3 heterocycles. The first-order valence-electron chi connectivity index (χ1n) is 11.7. The lowest BCUT2D eigenvalue weighted by molar-refractivity contribution is -0.134. The van der Waals surface area contributed by atoms with Crippen molar-refractivity contribution in [1.29, 1.82) is 0 Å². The van der Waals surface area contributed by atoms with Crippen molar-refractivity contribution in [3.8, 4) is 0 Å². The van der Waals surface area contributed by atoms with Crippen LogP contribution in [0.25, 0.3) is 10.1 Å². The Morgan fingerprint density at radius 1 is 1.10 bits per heavy atom. The molecule has 1 aromatic heterocycles. The lowest BCUT2D eigenvalue weighted by atomic mass is 9.97. The minimum atomic E-state index is 0.119. The van der Waals surface area contributed by atoms with Crippen LogP contribution in [0.5, 0.6) is 0 Å². The summed E-state index contributed by atoms with van der Waals surface area (Å²) in [7, 11) is 0. The zero-order valence-electron chi connectivity index (χ0n) is 18.8. The molecule has 0 saturated carbocycles. The molecule has 2 saturated heterocycles. The third-order valence-corrected chi connectivity index (χ3v) is 7.61. The highest BCUT2D eigenvalue weighted by Crippen LogP contribution is 2.35. The van der Waals surface area contributed by atoms with E-state index in [2.05, 4.69) is 36.9 Å². The van der Waals surface area contributed by atoms with E-state index >= 15 is 0 Å². The van der Waals surface area contributed by atoms with Gasteiger partial charge in [-0.3, -0.25) is 9.59 Å².